The minimum Gasteiger partial charge on any atom is -0.374 e. The lowest BCUT2D eigenvalue weighted by Crippen LogP contribution is -2.54. The molecule has 0 spiro atoms. The Balaban J connectivity index is 0.763. The van der Waals surface area contributed by atoms with Gasteiger partial charge in [-0.3, -0.25) is 54.0 Å². The number of amides is 7. The standard InChI is InChI=1S/C47H56N8O9S/c1-47(2,3)54-19-17-31(22-54)41(58)49-36(42(59)52-46-50-37(27-65-46)29-7-5-4-6-8-29)26-63-25-28-9-11-30(12-10-28)40(57)48-18-20-64-33-23-53(24-33)32-13-14-34-35(21-32)45(62)55(44(34)61)38-15-16-39(56)51-43(38)60/h4-14,21,31,33,36-38,46,50H,15-20,22-27H2,1-3H3,(H,48,57)(H,49,58)(H,52,59)(H,51,56,60)/t31?,36-,37?,38?,46?/m0/s1. The maximum absolute atomic E-state index is 13.7. The number of nitrogens with one attached hydrogen (secondary N) is 5. The molecule has 4 saturated heterocycles. The number of carbonyl (C=O) groups is 7. The second kappa shape index (κ2) is 19.8. The summed E-state index contributed by atoms with van der Waals surface area (Å²) in [7, 11) is 0. The van der Waals surface area contributed by atoms with Crippen molar-refractivity contribution in [3.05, 3.63) is 101 Å². The third-order valence-corrected chi connectivity index (χ3v) is 13.7. The van der Waals surface area contributed by atoms with Gasteiger partial charge in [-0.15, -0.1) is 11.8 Å². The lowest BCUT2D eigenvalue weighted by Gasteiger charge is -2.40. The number of nitrogens with zero attached hydrogens (tertiary/aromatic N) is 3. The minimum absolute atomic E-state index is 0.0347. The molecular formula is C47H56N8O9S. The fraction of sp³-hybridized carbons (Fsp3) is 0.468. The van der Waals surface area contributed by atoms with Crippen LogP contribution in [-0.4, -0.2) is 132 Å². The summed E-state index contributed by atoms with van der Waals surface area (Å²) < 4.78 is 12.0. The van der Waals surface area contributed by atoms with Gasteiger partial charge in [-0.1, -0.05) is 42.5 Å². The first-order chi connectivity index (χ1) is 31.2. The third kappa shape index (κ3) is 10.7. The Labute approximate surface area is 382 Å². The van der Waals surface area contributed by atoms with Crippen LogP contribution in [-0.2, 0) is 35.3 Å². The molecule has 344 valence electrons. The van der Waals surface area contributed by atoms with Crippen LogP contribution in [0.15, 0.2) is 72.8 Å². The highest BCUT2D eigenvalue weighted by molar-refractivity contribution is 8.00. The molecule has 7 amide bonds. The molecule has 4 unspecified atom stereocenters. The van der Waals surface area contributed by atoms with E-state index in [1.165, 1.54) is 0 Å². The number of imide groups is 2. The van der Waals surface area contributed by atoms with E-state index >= 15 is 0 Å². The quantitative estimate of drug-likeness (QED) is 0.104. The van der Waals surface area contributed by atoms with Gasteiger partial charge in [0.05, 0.1) is 43.0 Å². The Morgan fingerprint density at radius 3 is 2.38 bits per heavy atom. The summed E-state index contributed by atoms with van der Waals surface area (Å²) in [4.78, 5) is 95.6. The summed E-state index contributed by atoms with van der Waals surface area (Å²) in [5.41, 5.74) is 3.22. The topological polar surface area (TPSA) is 208 Å². The predicted octanol–water partition coefficient (Wildman–Crippen LogP) is 2.32. The SMILES string of the molecule is CC(C)(C)N1CCC(C(=O)N[C@@H](COCc2ccc(C(=O)NCCOC3CN(c4ccc5c(c4)C(=O)N(C4CCC(=O)NC4=O)C5=O)C3)cc2)C(=O)NC2NC(c3ccccc3)CS2)C1. The number of likely N-dealkylation sites (tertiary alicyclic amines) is 1. The summed E-state index contributed by atoms with van der Waals surface area (Å²) in [6, 6.07) is 20.2. The molecule has 0 radical (unpaired) electrons. The number of rotatable bonds is 16. The molecule has 3 aromatic rings. The van der Waals surface area contributed by atoms with Gasteiger partial charge in [0.2, 0.25) is 23.6 Å². The van der Waals surface area contributed by atoms with E-state index in [4.69, 9.17) is 9.47 Å². The molecular weight excluding hydrogens is 853 g/mol. The number of ether oxygens (including phenoxy) is 2. The van der Waals surface area contributed by atoms with Crippen molar-refractivity contribution in [1.29, 1.82) is 0 Å². The Bertz CT molecular complexity index is 2300. The van der Waals surface area contributed by atoms with Crippen molar-refractivity contribution in [2.45, 2.75) is 81.9 Å². The normalized spacial score (nSPS) is 22.9. The molecule has 8 rings (SSSR count). The van der Waals surface area contributed by atoms with Crippen LogP contribution in [0.4, 0.5) is 5.69 Å². The molecule has 5 aliphatic heterocycles. The Kier molecular flexibility index (Phi) is 14.0. The average molecular weight is 909 g/mol. The van der Waals surface area contributed by atoms with Crippen LogP contribution in [0.2, 0.25) is 0 Å². The number of benzene rings is 3. The lowest BCUT2D eigenvalue weighted by molar-refractivity contribution is -0.136. The highest BCUT2D eigenvalue weighted by atomic mass is 32.2. The average Bonchev–Trinajstić information content (AvgIpc) is 4.02. The van der Waals surface area contributed by atoms with Crippen molar-refractivity contribution in [3.63, 3.8) is 0 Å². The van der Waals surface area contributed by atoms with Crippen molar-refractivity contribution in [3.8, 4) is 0 Å². The fourth-order valence-electron chi connectivity index (χ4n) is 8.67. The fourth-order valence-corrected chi connectivity index (χ4v) is 9.80. The first kappa shape index (κ1) is 45.9. The number of piperidine rings is 1. The molecule has 0 aromatic heterocycles. The Morgan fingerprint density at radius 2 is 1.66 bits per heavy atom. The number of fused-ring (bicyclic) bond motifs is 1. The van der Waals surface area contributed by atoms with Crippen LogP contribution >= 0.6 is 11.8 Å². The number of thioether (sulfide) groups is 1. The number of hydrogen-bond acceptors (Lipinski definition) is 13. The zero-order chi connectivity index (χ0) is 45.8. The molecule has 65 heavy (non-hydrogen) atoms. The van der Waals surface area contributed by atoms with Crippen molar-refractivity contribution in [2.75, 3.05) is 56.6 Å². The van der Waals surface area contributed by atoms with Crippen LogP contribution in [0.3, 0.4) is 0 Å². The smallest absolute Gasteiger partial charge is 0.262 e. The van der Waals surface area contributed by atoms with Crippen LogP contribution in [0.25, 0.3) is 0 Å². The van der Waals surface area contributed by atoms with Crippen LogP contribution < -0.4 is 31.5 Å². The zero-order valence-electron chi connectivity index (χ0n) is 36.8. The molecule has 0 bridgehead atoms. The summed E-state index contributed by atoms with van der Waals surface area (Å²) in [5, 5.41) is 14.6. The van der Waals surface area contributed by atoms with Gasteiger partial charge in [-0.2, -0.15) is 0 Å². The summed E-state index contributed by atoms with van der Waals surface area (Å²) in [5.74, 6) is -2.36. The van der Waals surface area contributed by atoms with Gasteiger partial charge >= 0.3 is 0 Å². The van der Waals surface area contributed by atoms with Gasteiger partial charge in [0.15, 0.2) is 0 Å². The van der Waals surface area contributed by atoms with E-state index in [0.717, 1.165) is 34.0 Å². The van der Waals surface area contributed by atoms with Gasteiger partial charge in [0, 0.05) is 61.2 Å². The van der Waals surface area contributed by atoms with E-state index < -0.39 is 35.7 Å². The molecule has 5 aliphatic rings. The second-order valence-corrected chi connectivity index (χ2v) is 19.2. The van der Waals surface area contributed by atoms with Crippen LogP contribution in [0.1, 0.15) is 88.3 Å². The molecule has 5 atom stereocenters. The van der Waals surface area contributed by atoms with Crippen molar-refractivity contribution in [2.24, 2.45) is 5.92 Å². The highest BCUT2D eigenvalue weighted by Gasteiger charge is 2.45. The number of carbonyl (C=O) groups excluding carboxylic acids is 7. The predicted molar refractivity (Wildman–Crippen MR) is 242 cm³/mol. The molecule has 5 heterocycles. The van der Waals surface area contributed by atoms with E-state index in [2.05, 4.69) is 64.4 Å². The summed E-state index contributed by atoms with van der Waals surface area (Å²) in [6.45, 7) is 9.65. The second-order valence-electron chi connectivity index (χ2n) is 18.1. The van der Waals surface area contributed by atoms with Crippen molar-refractivity contribution in [1.82, 2.24) is 36.4 Å². The van der Waals surface area contributed by atoms with E-state index in [0.29, 0.717) is 31.6 Å². The molecule has 5 N–H and O–H groups in total. The monoisotopic (exact) mass is 908 g/mol. The Hall–Kier alpha value is -5.66. The maximum Gasteiger partial charge on any atom is 0.262 e. The first-order valence-electron chi connectivity index (χ1n) is 22.2. The van der Waals surface area contributed by atoms with Gasteiger partial charge in [-0.05, 0) is 81.6 Å². The van der Waals surface area contributed by atoms with Gasteiger partial charge in [0.25, 0.3) is 17.7 Å². The molecule has 4 fully saturated rings. The zero-order valence-corrected chi connectivity index (χ0v) is 37.6. The molecule has 17 nitrogen and oxygen atoms in total. The van der Waals surface area contributed by atoms with Crippen LogP contribution in [0.5, 0.6) is 0 Å². The largest absolute Gasteiger partial charge is 0.374 e. The Morgan fingerprint density at radius 1 is 0.908 bits per heavy atom. The highest BCUT2D eigenvalue weighted by Crippen LogP contribution is 2.33. The van der Waals surface area contributed by atoms with E-state index in [9.17, 15) is 33.6 Å². The molecule has 0 aliphatic carbocycles. The summed E-state index contributed by atoms with van der Waals surface area (Å²) in [6.07, 6.45) is 0.772. The van der Waals surface area contributed by atoms with E-state index in [1.54, 1.807) is 54.2 Å². The third-order valence-electron chi connectivity index (χ3n) is 12.5. The van der Waals surface area contributed by atoms with Gasteiger partial charge < -0.3 is 30.3 Å². The lowest BCUT2D eigenvalue weighted by atomic mass is 10.0. The molecule has 18 heteroatoms. The number of anilines is 1. The first-order valence-corrected chi connectivity index (χ1v) is 23.2. The van der Waals surface area contributed by atoms with Gasteiger partial charge in [0.1, 0.15) is 17.6 Å². The van der Waals surface area contributed by atoms with E-state index in [1.807, 2.05) is 23.1 Å². The van der Waals surface area contributed by atoms with Gasteiger partial charge in [-0.25, -0.2) is 0 Å². The molecule has 0 saturated carbocycles. The maximum atomic E-state index is 13.7. The molecule has 3 aromatic carbocycles. The van der Waals surface area contributed by atoms with E-state index in [-0.39, 0.29) is 97.2 Å². The van der Waals surface area contributed by atoms with Crippen molar-refractivity contribution >= 4 is 58.8 Å². The number of hydrogen-bond donors (Lipinski definition) is 5. The minimum atomic E-state index is -1.02. The van der Waals surface area contributed by atoms with Crippen molar-refractivity contribution < 1.29 is 43.0 Å². The van der Waals surface area contributed by atoms with Crippen LogP contribution in [0, 0.1) is 5.92 Å². The summed E-state index contributed by atoms with van der Waals surface area (Å²) >= 11 is 1.60.